The second-order valence-corrected chi connectivity index (χ2v) is 5.39. The molecule has 2 unspecified atom stereocenters. The SMILES string of the molecule is CCC(C)NCC(=O)NCC1CN(C)CCN1C. The molecule has 1 rings (SSSR count). The standard InChI is InChI=1S/C13H28N4O/c1-5-11(2)14-9-13(18)15-8-12-10-16(3)6-7-17(12)4/h11-12,14H,5-10H2,1-4H3,(H,15,18). The first kappa shape index (κ1) is 15.4. The van der Waals surface area contributed by atoms with Gasteiger partial charge in [0.2, 0.25) is 5.91 Å². The Morgan fingerprint density at radius 3 is 2.78 bits per heavy atom. The minimum atomic E-state index is 0.0944. The number of likely N-dealkylation sites (N-methyl/N-ethyl adjacent to an activating group) is 2. The van der Waals surface area contributed by atoms with Crippen LogP contribution in [0.1, 0.15) is 20.3 Å². The second-order valence-electron chi connectivity index (χ2n) is 5.39. The lowest BCUT2D eigenvalue weighted by molar-refractivity contribution is -0.120. The molecule has 0 bridgehead atoms. The molecule has 5 nitrogen and oxygen atoms in total. The zero-order chi connectivity index (χ0) is 13.5. The number of carbonyl (C=O) groups is 1. The highest BCUT2D eigenvalue weighted by Crippen LogP contribution is 2.04. The molecule has 2 N–H and O–H groups in total. The largest absolute Gasteiger partial charge is 0.353 e. The predicted octanol–water partition coefficient (Wildman–Crippen LogP) is -0.263. The van der Waals surface area contributed by atoms with Crippen molar-refractivity contribution in [2.45, 2.75) is 32.4 Å². The van der Waals surface area contributed by atoms with E-state index in [0.29, 0.717) is 18.6 Å². The van der Waals surface area contributed by atoms with E-state index >= 15 is 0 Å². The van der Waals surface area contributed by atoms with Crippen molar-refractivity contribution < 1.29 is 4.79 Å². The van der Waals surface area contributed by atoms with Gasteiger partial charge < -0.3 is 15.5 Å². The number of amides is 1. The molecular weight excluding hydrogens is 228 g/mol. The lowest BCUT2D eigenvalue weighted by Crippen LogP contribution is -2.55. The fourth-order valence-corrected chi connectivity index (χ4v) is 2.03. The third kappa shape index (κ3) is 5.33. The third-order valence-corrected chi connectivity index (χ3v) is 3.74. The number of rotatable bonds is 6. The molecule has 2 atom stereocenters. The topological polar surface area (TPSA) is 47.6 Å². The molecule has 0 aromatic carbocycles. The maximum Gasteiger partial charge on any atom is 0.234 e. The summed E-state index contributed by atoms with van der Waals surface area (Å²) in [7, 11) is 4.26. The van der Waals surface area contributed by atoms with Crippen molar-refractivity contribution >= 4 is 5.91 Å². The normalized spacial score (nSPS) is 23.9. The molecule has 106 valence electrons. The molecule has 1 heterocycles. The van der Waals surface area contributed by atoms with Gasteiger partial charge in [0, 0.05) is 38.3 Å². The van der Waals surface area contributed by atoms with Crippen LogP contribution in [0.25, 0.3) is 0 Å². The maximum atomic E-state index is 11.7. The van der Waals surface area contributed by atoms with Gasteiger partial charge in [0.25, 0.3) is 0 Å². The van der Waals surface area contributed by atoms with Gasteiger partial charge in [-0.05, 0) is 27.4 Å². The lowest BCUT2D eigenvalue weighted by atomic mass is 10.2. The van der Waals surface area contributed by atoms with Gasteiger partial charge in [-0.25, -0.2) is 0 Å². The molecule has 1 fully saturated rings. The monoisotopic (exact) mass is 256 g/mol. The molecule has 1 aliphatic rings. The van der Waals surface area contributed by atoms with Gasteiger partial charge in [-0.15, -0.1) is 0 Å². The number of hydrogen-bond donors (Lipinski definition) is 2. The summed E-state index contributed by atoms with van der Waals surface area (Å²) in [6.45, 7) is 8.57. The molecule has 0 radical (unpaired) electrons. The first-order valence-corrected chi connectivity index (χ1v) is 6.91. The van der Waals surface area contributed by atoms with Crippen molar-refractivity contribution in [2.24, 2.45) is 0 Å². The van der Waals surface area contributed by atoms with E-state index in [1.54, 1.807) is 0 Å². The molecule has 0 aromatic heterocycles. The Hall–Kier alpha value is -0.650. The van der Waals surface area contributed by atoms with Gasteiger partial charge in [-0.3, -0.25) is 9.69 Å². The van der Waals surface area contributed by atoms with Crippen molar-refractivity contribution in [2.75, 3.05) is 46.8 Å². The first-order valence-electron chi connectivity index (χ1n) is 6.91. The molecular formula is C13H28N4O. The Bertz CT molecular complexity index is 259. The van der Waals surface area contributed by atoms with Gasteiger partial charge in [0.05, 0.1) is 6.54 Å². The summed E-state index contributed by atoms with van der Waals surface area (Å²) < 4.78 is 0. The van der Waals surface area contributed by atoms with Crippen LogP contribution in [0, 0.1) is 0 Å². The Kier molecular flexibility index (Phi) is 6.60. The summed E-state index contributed by atoms with van der Waals surface area (Å²) in [6, 6.07) is 0.829. The van der Waals surface area contributed by atoms with E-state index in [9.17, 15) is 4.79 Å². The van der Waals surface area contributed by atoms with E-state index < -0.39 is 0 Å². The number of nitrogens with zero attached hydrogens (tertiary/aromatic N) is 2. The van der Waals surface area contributed by atoms with E-state index in [-0.39, 0.29) is 5.91 Å². The fourth-order valence-electron chi connectivity index (χ4n) is 2.03. The number of nitrogens with one attached hydrogen (secondary N) is 2. The van der Waals surface area contributed by atoms with Crippen LogP contribution in [-0.4, -0.2) is 74.6 Å². The van der Waals surface area contributed by atoms with Crippen LogP contribution in [0.4, 0.5) is 0 Å². The van der Waals surface area contributed by atoms with Crippen LogP contribution in [-0.2, 0) is 4.79 Å². The number of hydrogen-bond acceptors (Lipinski definition) is 4. The quantitative estimate of drug-likeness (QED) is 0.687. The Morgan fingerprint density at radius 2 is 2.11 bits per heavy atom. The minimum absolute atomic E-state index is 0.0944. The molecule has 1 amide bonds. The van der Waals surface area contributed by atoms with Gasteiger partial charge in [0.1, 0.15) is 0 Å². The van der Waals surface area contributed by atoms with Crippen LogP contribution < -0.4 is 10.6 Å². The minimum Gasteiger partial charge on any atom is -0.353 e. The average Bonchev–Trinajstić information content (AvgIpc) is 2.36. The highest BCUT2D eigenvalue weighted by Gasteiger charge is 2.22. The summed E-state index contributed by atoms with van der Waals surface area (Å²) in [6.07, 6.45) is 1.05. The van der Waals surface area contributed by atoms with Crippen molar-refractivity contribution in [1.82, 2.24) is 20.4 Å². The number of piperazine rings is 1. The second kappa shape index (κ2) is 7.71. The van der Waals surface area contributed by atoms with E-state index in [1.165, 1.54) is 0 Å². The van der Waals surface area contributed by atoms with E-state index in [4.69, 9.17) is 0 Å². The molecule has 0 saturated carbocycles. The summed E-state index contributed by atoms with van der Waals surface area (Å²) >= 11 is 0. The molecule has 1 aliphatic heterocycles. The van der Waals surface area contributed by atoms with Crippen molar-refractivity contribution in [3.63, 3.8) is 0 Å². The Labute approximate surface area is 111 Å². The Morgan fingerprint density at radius 1 is 1.39 bits per heavy atom. The third-order valence-electron chi connectivity index (χ3n) is 3.74. The van der Waals surface area contributed by atoms with Gasteiger partial charge >= 0.3 is 0 Å². The summed E-state index contributed by atoms with van der Waals surface area (Å²) in [5.41, 5.74) is 0. The molecule has 5 heteroatoms. The zero-order valence-electron chi connectivity index (χ0n) is 12.2. The highest BCUT2D eigenvalue weighted by atomic mass is 16.1. The molecule has 0 aliphatic carbocycles. The lowest BCUT2D eigenvalue weighted by Gasteiger charge is -2.37. The van der Waals surface area contributed by atoms with Crippen molar-refractivity contribution in [1.29, 1.82) is 0 Å². The van der Waals surface area contributed by atoms with Gasteiger partial charge in [-0.1, -0.05) is 6.92 Å². The van der Waals surface area contributed by atoms with Crippen molar-refractivity contribution in [3.8, 4) is 0 Å². The molecule has 0 aromatic rings. The van der Waals surface area contributed by atoms with E-state index in [2.05, 4.69) is 48.4 Å². The Balaban J connectivity index is 2.20. The highest BCUT2D eigenvalue weighted by molar-refractivity contribution is 5.78. The zero-order valence-corrected chi connectivity index (χ0v) is 12.2. The van der Waals surface area contributed by atoms with Crippen LogP contribution in [0.3, 0.4) is 0 Å². The van der Waals surface area contributed by atoms with Crippen molar-refractivity contribution in [3.05, 3.63) is 0 Å². The van der Waals surface area contributed by atoms with E-state index in [0.717, 1.165) is 32.6 Å². The summed E-state index contributed by atoms with van der Waals surface area (Å²) in [5.74, 6) is 0.0944. The molecule has 18 heavy (non-hydrogen) atoms. The predicted molar refractivity (Wildman–Crippen MR) is 74.7 cm³/mol. The van der Waals surface area contributed by atoms with Crippen LogP contribution in [0.2, 0.25) is 0 Å². The van der Waals surface area contributed by atoms with Gasteiger partial charge in [-0.2, -0.15) is 0 Å². The van der Waals surface area contributed by atoms with Crippen LogP contribution in [0.15, 0.2) is 0 Å². The first-order chi connectivity index (χ1) is 8.52. The average molecular weight is 256 g/mol. The summed E-state index contributed by atoms with van der Waals surface area (Å²) in [4.78, 5) is 16.3. The smallest absolute Gasteiger partial charge is 0.234 e. The molecule has 1 saturated heterocycles. The summed E-state index contributed by atoms with van der Waals surface area (Å²) in [5, 5.41) is 6.22. The number of carbonyl (C=O) groups excluding carboxylic acids is 1. The van der Waals surface area contributed by atoms with Gasteiger partial charge in [0.15, 0.2) is 0 Å². The maximum absolute atomic E-state index is 11.7. The fraction of sp³-hybridized carbons (Fsp3) is 0.923. The van der Waals surface area contributed by atoms with Crippen LogP contribution >= 0.6 is 0 Å². The van der Waals surface area contributed by atoms with E-state index in [1.807, 2.05) is 0 Å². The van der Waals surface area contributed by atoms with Crippen LogP contribution in [0.5, 0.6) is 0 Å². The molecule has 0 spiro atoms.